The highest BCUT2D eigenvalue weighted by molar-refractivity contribution is 7.90. The second kappa shape index (κ2) is 5.27. The van der Waals surface area contributed by atoms with Gasteiger partial charge < -0.3 is 10.2 Å². The van der Waals surface area contributed by atoms with Crippen molar-refractivity contribution < 1.29 is 8.42 Å². The Morgan fingerprint density at radius 2 is 2.07 bits per heavy atom. The van der Waals surface area contributed by atoms with Gasteiger partial charge in [-0.2, -0.15) is 0 Å². The molecule has 0 aliphatic heterocycles. The lowest BCUT2D eigenvalue weighted by molar-refractivity contribution is 0.255. The Balaban J connectivity index is 2.32. The predicted molar refractivity (Wildman–Crippen MR) is 62.8 cm³/mol. The highest BCUT2D eigenvalue weighted by atomic mass is 32.2. The SMILES string of the molecule is CNC1CCC(N(C)CCS(C)(=O)=O)C1. The molecule has 0 spiro atoms. The van der Waals surface area contributed by atoms with Crippen LogP contribution in [-0.4, -0.2) is 58.1 Å². The van der Waals surface area contributed by atoms with Gasteiger partial charge in [0.2, 0.25) is 0 Å². The lowest BCUT2D eigenvalue weighted by Crippen LogP contribution is -2.35. The quantitative estimate of drug-likeness (QED) is 0.733. The van der Waals surface area contributed by atoms with Crippen LogP contribution in [0.4, 0.5) is 0 Å². The van der Waals surface area contributed by atoms with Gasteiger partial charge >= 0.3 is 0 Å². The first-order valence-electron chi connectivity index (χ1n) is 5.47. The second-order valence-electron chi connectivity index (χ2n) is 4.56. The lowest BCUT2D eigenvalue weighted by Gasteiger charge is -2.23. The van der Waals surface area contributed by atoms with Crippen LogP contribution in [0.2, 0.25) is 0 Å². The number of sulfone groups is 1. The number of hydrogen-bond acceptors (Lipinski definition) is 4. The third kappa shape index (κ3) is 4.49. The zero-order valence-corrected chi connectivity index (χ0v) is 10.7. The molecule has 0 bridgehead atoms. The zero-order valence-electron chi connectivity index (χ0n) is 9.86. The minimum Gasteiger partial charge on any atom is -0.317 e. The van der Waals surface area contributed by atoms with Gasteiger partial charge in [-0.25, -0.2) is 8.42 Å². The van der Waals surface area contributed by atoms with Crippen LogP contribution in [0.3, 0.4) is 0 Å². The Kier molecular flexibility index (Phi) is 4.55. The Morgan fingerprint density at radius 3 is 2.53 bits per heavy atom. The fourth-order valence-corrected chi connectivity index (χ4v) is 2.73. The summed E-state index contributed by atoms with van der Waals surface area (Å²) in [5.74, 6) is 0.268. The van der Waals surface area contributed by atoms with Gasteiger partial charge in [-0.3, -0.25) is 0 Å². The van der Waals surface area contributed by atoms with Crippen LogP contribution in [-0.2, 0) is 9.84 Å². The molecule has 0 saturated heterocycles. The molecule has 2 unspecified atom stereocenters. The van der Waals surface area contributed by atoms with E-state index in [9.17, 15) is 8.42 Å². The van der Waals surface area contributed by atoms with Gasteiger partial charge in [-0.15, -0.1) is 0 Å². The molecule has 90 valence electrons. The summed E-state index contributed by atoms with van der Waals surface area (Å²) in [7, 11) is 1.19. The molecule has 1 aliphatic carbocycles. The maximum atomic E-state index is 11.0. The molecule has 0 aromatic rings. The minimum atomic E-state index is -2.83. The van der Waals surface area contributed by atoms with Crippen molar-refractivity contribution in [3.63, 3.8) is 0 Å². The summed E-state index contributed by atoms with van der Waals surface area (Å²) in [6.45, 7) is 0.653. The lowest BCUT2D eigenvalue weighted by atomic mass is 10.2. The molecule has 0 radical (unpaired) electrons. The Hall–Kier alpha value is -0.130. The number of nitrogens with zero attached hydrogens (tertiary/aromatic N) is 1. The van der Waals surface area contributed by atoms with E-state index < -0.39 is 9.84 Å². The van der Waals surface area contributed by atoms with E-state index in [1.807, 2.05) is 14.1 Å². The van der Waals surface area contributed by atoms with Crippen molar-refractivity contribution in [2.24, 2.45) is 0 Å². The van der Waals surface area contributed by atoms with E-state index >= 15 is 0 Å². The zero-order chi connectivity index (χ0) is 11.5. The summed E-state index contributed by atoms with van der Waals surface area (Å²) < 4.78 is 22.1. The van der Waals surface area contributed by atoms with Crippen molar-refractivity contribution in [2.75, 3.05) is 32.6 Å². The molecule has 0 aromatic heterocycles. The summed E-state index contributed by atoms with van der Waals surface area (Å²) in [5, 5.41) is 3.28. The van der Waals surface area contributed by atoms with Gasteiger partial charge in [-0.05, 0) is 33.4 Å². The number of hydrogen-bond donors (Lipinski definition) is 1. The van der Waals surface area contributed by atoms with Crippen LogP contribution in [0.25, 0.3) is 0 Å². The van der Waals surface area contributed by atoms with E-state index in [1.165, 1.54) is 19.1 Å². The molecular formula is C10H22N2O2S. The summed E-state index contributed by atoms with van der Waals surface area (Å²) >= 11 is 0. The summed E-state index contributed by atoms with van der Waals surface area (Å²) in [4.78, 5) is 2.18. The van der Waals surface area contributed by atoms with Crippen LogP contribution >= 0.6 is 0 Å². The van der Waals surface area contributed by atoms with E-state index in [2.05, 4.69) is 10.2 Å². The largest absolute Gasteiger partial charge is 0.317 e. The molecule has 5 heteroatoms. The van der Waals surface area contributed by atoms with Crippen molar-refractivity contribution in [3.8, 4) is 0 Å². The van der Waals surface area contributed by atoms with Crippen molar-refractivity contribution in [1.82, 2.24) is 10.2 Å². The van der Waals surface area contributed by atoms with Gasteiger partial charge in [0.1, 0.15) is 9.84 Å². The first-order valence-corrected chi connectivity index (χ1v) is 7.53. The van der Waals surface area contributed by atoms with E-state index in [0.717, 1.165) is 6.42 Å². The van der Waals surface area contributed by atoms with Crippen molar-refractivity contribution in [3.05, 3.63) is 0 Å². The average Bonchev–Trinajstić information content (AvgIpc) is 2.61. The minimum absolute atomic E-state index is 0.268. The van der Waals surface area contributed by atoms with E-state index in [1.54, 1.807) is 0 Å². The number of rotatable bonds is 5. The second-order valence-corrected chi connectivity index (χ2v) is 6.82. The Bertz CT molecular complexity index is 290. The third-order valence-corrected chi connectivity index (χ3v) is 4.18. The first kappa shape index (κ1) is 12.9. The third-order valence-electron chi connectivity index (χ3n) is 3.25. The molecular weight excluding hydrogens is 212 g/mol. The standard InChI is InChI=1S/C10H22N2O2S/c1-11-9-4-5-10(8-9)12(2)6-7-15(3,13)14/h9-11H,4-8H2,1-3H3. The molecule has 2 atom stereocenters. The Morgan fingerprint density at radius 1 is 1.40 bits per heavy atom. The molecule has 0 amide bonds. The fraction of sp³-hybridized carbons (Fsp3) is 1.00. The van der Waals surface area contributed by atoms with Crippen molar-refractivity contribution in [2.45, 2.75) is 31.3 Å². The fourth-order valence-electron chi connectivity index (χ4n) is 2.11. The summed E-state index contributed by atoms with van der Waals surface area (Å²) in [6, 6.07) is 1.15. The first-order chi connectivity index (χ1) is 6.92. The molecule has 4 nitrogen and oxygen atoms in total. The van der Waals surface area contributed by atoms with Crippen LogP contribution in [0.15, 0.2) is 0 Å². The highest BCUT2D eigenvalue weighted by Crippen LogP contribution is 2.22. The average molecular weight is 234 g/mol. The Labute approximate surface area is 93.0 Å². The van der Waals surface area contributed by atoms with Crippen molar-refractivity contribution in [1.29, 1.82) is 0 Å². The van der Waals surface area contributed by atoms with Crippen LogP contribution in [0.1, 0.15) is 19.3 Å². The molecule has 1 saturated carbocycles. The normalized spacial score (nSPS) is 27.5. The van der Waals surface area contributed by atoms with Gasteiger partial charge in [0, 0.05) is 24.9 Å². The number of nitrogens with one attached hydrogen (secondary N) is 1. The topological polar surface area (TPSA) is 49.4 Å². The molecule has 0 aromatic carbocycles. The van der Waals surface area contributed by atoms with Gasteiger partial charge in [-0.1, -0.05) is 0 Å². The molecule has 1 aliphatic rings. The predicted octanol–water partition coefficient (Wildman–Crippen LogP) is 0.103. The van der Waals surface area contributed by atoms with Crippen LogP contribution in [0, 0.1) is 0 Å². The van der Waals surface area contributed by atoms with Gasteiger partial charge in [0.05, 0.1) is 5.75 Å². The highest BCUT2D eigenvalue weighted by Gasteiger charge is 2.26. The summed E-state index contributed by atoms with van der Waals surface area (Å²) in [5.41, 5.74) is 0. The maximum Gasteiger partial charge on any atom is 0.148 e. The molecule has 1 N–H and O–H groups in total. The van der Waals surface area contributed by atoms with Gasteiger partial charge in [0.25, 0.3) is 0 Å². The van der Waals surface area contributed by atoms with E-state index in [4.69, 9.17) is 0 Å². The van der Waals surface area contributed by atoms with Crippen molar-refractivity contribution >= 4 is 9.84 Å². The summed E-state index contributed by atoms with van der Waals surface area (Å²) in [6.07, 6.45) is 4.80. The molecule has 1 fully saturated rings. The smallest absolute Gasteiger partial charge is 0.148 e. The monoisotopic (exact) mass is 234 g/mol. The van der Waals surface area contributed by atoms with Crippen LogP contribution < -0.4 is 5.32 Å². The van der Waals surface area contributed by atoms with E-state index in [-0.39, 0.29) is 5.75 Å². The van der Waals surface area contributed by atoms with Gasteiger partial charge in [0.15, 0.2) is 0 Å². The molecule has 0 heterocycles. The van der Waals surface area contributed by atoms with E-state index in [0.29, 0.717) is 18.6 Å². The van der Waals surface area contributed by atoms with Crippen LogP contribution in [0.5, 0.6) is 0 Å². The molecule has 1 rings (SSSR count). The maximum absolute atomic E-state index is 11.0. The molecule has 15 heavy (non-hydrogen) atoms.